The first-order valence-corrected chi connectivity index (χ1v) is 19.7. The van der Waals surface area contributed by atoms with E-state index in [1.54, 1.807) is 45.0 Å². The van der Waals surface area contributed by atoms with Gasteiger partial charge in [0.1, 0.15) is 37.5 Å². The van der Waals surface area contributed by atoms with Gasteiger partial charge in [0, 0.05) is 6.42 Å². The minimum atomic E-state index is -4.20. The molecule has 0 bridgehead atoms. The van der Waals surface area contributed by atoms with Gasteiger partial charge in [0.2, 0.25) is 0 Å². The van der Waals surface area contributed by atoms with E-state index in [2.05, 4.69) is 10.4 Å². The molecule has 3 rings (SSSR count). The number of alkyl carbamates (subject to hydrolysis) is 1. The van der Waals surface area contributed by atoms with Crippen LogP contribution in [0.2, 0.25) is 0 Å². The summed E-state index contributed by atoms with van der Waals surface area (Å²) in [4.78, 5) is 51.8. The molecule has 3 atom stereocenters. The summed E-state index contributed by atoms with van der Waals surface area (Å²) in [6.45, 7) is 6.89. The van der Waals surface area contributed by atoms with E-state index < -0.39 is 49.4 Å². The maximum Gasteiger partial charge on any atom is 0.408 e. The number of amides is 1. The molecular weight excluding hydrogens is 715 g/mol. The van der Waals surface area contributed by atoms with Crippen molar-refractivity contribution in [1.82, 2.24) is 10.4 Å². The number of hydrogen-bond acceptors (Lipinski definition) is 11. The van der Waals surface area contributed by atoms with Gasteiger partial charge in [-0.25, -0.2) is 19.2 Å². The highest BCUT2D eigenvalue weighted by Gasteiger charge is 2.34. The van der Waals surface area contributed by atoms with Crippen molar-refractivity contribution in [2.75, 3.05) is 13.2 Å². The average Bonchev–Trinajstić information content (AvgIpc) is 3.15. The van der Waals surface area contributed by atoms with E-state index in [9.17, 15) is 23.7 Å². The summed E-state index contributed by atoms with van der Waals surface area (Å²) in [5.41, 5.74) is 1.50. The van der Waals surface area contributed by atoms with Crippen LogP contribution in [0.5, 0.6) is 0 Å². The SMILES string of the molecule is CCCCO[P@@](=O)(NC(CCC(=O)OCc1ccccc1)C(=O)OCc1ccccc1)OCCC[C@@H](NC(=O)OC(C)(C)C)C(=O)OCc1ccccc1. The summed E-state index contributed by atoms with van der Waals surface area (Å²) in [5.74, 6) is -2.02. The fourth-order valence-electron chi connectivity index (χ4n) is 4.77. The summed E-state index contributed by atoms with van der Waals surface area (Å²) in [7, 11) is -4.20. The van der Waals surface area contributed by atoms with Gasteiger partial charge < -0.3 is 24.3 Å². The van der Waals surface area contributed by atoms with Crippen molar-refractivity contribution < 1.29 is 51.7 Å². The van der Waals surface area contributed by atoms with E-state index >= 15 is 0 Å². The van der Waals surface area contributed by atoms with Gasteiger partial charge in [0.25, 0.3) is 0 Å². The molecule has 0 saturated carbocycles. The molecular formula is C40H53N2O11P. The third-order valence-corrected chi connectivity index (χ3v) is 9.23. The van der Waals surface area contributed by atoms with Crippen LogP contribution in [0.1, 0.15) is 82.9 Å². The van der Waals surface area contributed by atoms with Crippen LogP contribution >= 0.6 is 7.75 Å². The first kappa shape index (κ1) is 43.9. The Morgan fingerprint density at radius 2 is 1.11 bits per heavy atom. The average molecular weight is 769 g/mol. The van der Waals surface area contributed by atoms with Crippen molar-refractivity contribution in [3.8, 4) is 0 Å². The van der Waals surface area contributed by atoms with Gasteiger partial charge in [-0.2, -0.15) is 0 Å². The standard InChI is InChI=1S/C40H53N2O11P/c1-5-6-26-51-54(47,52-27-16-23-34(41-39(46)53-40(2,3)4)37(44)49-29-32-19-12-8-13-20-32)42-35(38(45)50-30-33-21-14-9-15-22-33)24-25-36(43)48-28-31-17-10-7-11-18-31/h7-15,17-22,34-35H,5-6,16,23-30H2,1-4H3,(H,41,46)(H,42,47)/t34-,35?,54+/m1/s1. The highest BCUT2D eigenvalue weighted by molar-refractivity contribution is 7.51. The molecule has 1 amide bonds. The number of esters is 3. The molecule has 3 aromatic rings. The molecule has 0 heterocycles. The molecule has 0 fully saturated rings. The topological polar surface area (TPSA) is 165 Å². The van der Waals surface area contributed by atoms with Crippen LogP contribution < -0.4 is 10.4 Å². The second-order valence-electron chi connectivity index (χ2n) is 13.4. The second kappa shape index (κ2) is 23.3. The molecule has 14 heteroatoms. The highest BCUT2D eigenvalue weighted by Crippen LogP contribution is 2.45. The van der Waals surface area contributed by atoms with E-state index in [-0.39, 0.29) is 58.7 Å². The molecule has 0 saturated heterocycles. The summed E-state index contributed by atoms with van der Waals surface area (Å²) in [5, 5.41) is 5.27. The predicted octanol–water partition coefficient (Wildman–Crippen LogP) is 7.57. The van der Waals surface area contributed by atoms with Gasteiger partial charge >= 0.3 is 31.7 Å². The maximum atomic E-state index is 14.1. The molecule has 0 aliphatic heterocycles. The van der Waals surface area contributed by atoms with Crippen molar-refractivity contribution in [1.29, 1.82) is 0 Å². The third-order valence-electron chi connectivity index (χ3n) is 7.56. The van der Waals surface area contributed by atoms with Gasteiger partial charge in [-0.15, -0.1) is 0 Å². The Bertz CT molecular complexity index is 1620. The minimum absolute atomic E-state index is 0.00534. The quantitative estimate of drug-likeness (QED) is 0.0421. The number of hydrogen-bond donors (Lipinski definition) is 2. The Hall–Kier alpha value is -4.55. The van der Waals surface area contributed by atoms with Crippen LogP contribution in [0.15, 0.2) is 91.0 Å². The summed E-state index contributed by atoms with van der Waals surface area (Å²) in [6.07, 6.45) is 0.331. The van der Waals surface area contributed by atoms with Crippen LogP contribution in [-0.4, -0.2) is 54.9 Å². The molecule has 294 valence electrons. The van der Waals surface area contributed by atoms with E-state index in [1.807, 2.05) is 73.7 Å². The zero-order valence-corrected chi connectivity index (χ0v) is 32.4. The van der Waals surface area contributed by atoms with E-state index in [1.165, 1.54) is 0 Å². The number of carbonyl (C=O) groups is 4. The fraction of sp³-hybridized carbons (Fsp3) is 0.450. The summed E-state index contributed by atoms with van der Waals surface area (Å²) in [6, 6.07) is 24.9. The molecule has 0 aliphatic rings. The van der Waals surface area contributed by atoms with Gasteiger partial charge in [-0.1, -0.05) is 104 Å². The number of nitrogens with one attached hydrogen (secondary N) is 2. The first-order valence-electron chi connectivity index (χ1n) is 18.1. The van der Waals surface area contributed by atoms with Crippen molar-refractivity contribution in [2.24, 2.45) is 0 Å². The molecule has 0 aromatic heterocycles. The lowest BCUT2D eigenvalue weighted by Crippen LogP contribution is -2.44. The Kier molecular flexibility index (Phi) is 18.9. The Morgan fingerprint density at radius 3 is 1.59 bits per heavy atom. The van der Waals surface area contributed by atoms with Crippen LogP contribution in [0.4, 0.5) is 4.79 Å². The van der Waals surface area contributed by atoms with Crippen molar-refractivity contribution in [3.05, 3.63) is 108 Å². The monoisotopic (exact) mass is 768 g/mol. The maximum absolute atomic E-state index is 14.1. The van der Waals surface area contributed by atoms with E-state index in [0.717, 1.165) is 23.1 Å². The van der Waals surface area contributed by atoms with Crippen molar-refractivity contribution >= 4 is 31.7 Å². The van der Waals surface area contributed by atoms with Gasteiger partial charge in [-0.3, -0.25) is 18.6 Å². The number of benzene rings is 3. The van der Waals surface area contributed by atoms with Crippen LogP contribution in [0, 0.1) is 0 Å². The largest absolute Gasteiger partial charge is 0.461 e. The molecule has 2 N–H and O–H groups in total. The normalized spacial score (nSPS) is 13.5. The van der Waals surface area contributed by atoms with Crippen molar-refractivity contribution in [3.63, 3.8) is 0 Å². The molecule has 13 nitrogen and oxygen atoms in total. The molecule has 3 aromatic carbocycles. The fourth-order valence-corrected chi connectivity index (χ4v) is 6.35. The zero-order valence-electron chi connectivity index (χ0n) is 31.5. The number of rotatable bonds is 23. The summed E-state index contributed by atoms with van der Waals surface area (Å²) < 4.78 is 47.4. The lowest BCUT2D eigenvalue weighted by molar-refractivity contribution is -0.149. The first-order chi connectivity index (χ1) is 25.9. The number of ether oxygens (including phenoxy) is 4. The lowest BCUT2D eigenvalue weighted by atomic mass is 10.1. The van der Waals surface area contributed by atoms with Crippen LogP contribution in [-0.2, 0) is 66.8 Å². The van der Waals surface area contributed by atoms with Gasteiger partial charge in [0.15, 0.2) is 0 Å². The molecule has 0 spiro atoms. The predicted molar refractivity (Wildman–Crippen MR) is 202 cm³/mol. The zero-order chi connectivity index (χ0) is 39.2. The minimum Gasteiger partial charge on any atom is -0.461 e. The summed E-state index contributed by atoms with van der Waals surface area (Å²) >= 11 is 0. The lowest BCUT2D eigenvalue weighted by Gasteiger charge is -2.25. The number of carbonyl (C=O) groups excluding carboxylic acids is 4. The van der Waals surface area contributed by atoms with Gasteiger partial charge in [-0.05, 0) is 63.1 Å². The van der Waals surface area contributed by atoms with E-state index in [0.29, 0.717) is 6.42 Å². The third kappa shape index (κ3) is 18.0. The molecule has 54 heavy (non-hydrogen) atoms. The van der Waals surface area contributed by atoms with Crippen LogP contribution in [0.3, 0.4) is 0 Å². The highest BCUT2D eigenvalue weighted by atomic mass is 31.2. The number of unbranched alkanes of at least 4 members (excludes halogenated alkanes) is 1. The van der Waals surface area contributed by atoms with E-state index in [4.69, 9.17) is 28.0 Å². The second-order valence-corrected chi connectivity index (χ2v) is 15.2. The Balaban J connectivity index is 1.69. The Morgan fingerprint density at radius 1 is 0.648 bits per heavy atom. The Labute approximate surface area is 318 Å². The molecule has 0 radical (unpaired) electrons. The molecule has 0 aliphatic carbocycles. The van der Waals surface area contributed by atoms with Crippen molar-refractivity contribution in [2.45, 2.75) is 104 Å². The van der Waals surface area contributed by atoms with Gasteiger partial charge in [0.05, 0.1) is 13.2 Å². The smallest absolute Gasteiger partial charge is 0.408 e. The molecule has 1 unspecified atom stereocenters. The van der Waals surface area contributed by atoms with Crippen LogP contribution in [0.25, 0.3) is 0 Å².